The molecule has 0 spiro atoms. The number of urea groups is 1. The summed E-state index contributed by atoms with van der Waals surface area (Å²) in [5.41, 5.74) is 6.31. The Morgan fingerprint density at radius 2 is 2.00 bits per heavy atom. The molecule has 3 rings (SSSR count). The number of carbonyl (C=O) groups is 1. The van der Waals surface area contributed by atoms with Crippen molar-refractivity contribution in [3.63, 3.8) is 0 Å². The Morgan fingerprint density at radius 3 is 2.59 bits per heavy atom. The van der Waals surface area contributed by atoms with Crippen LogP contribution in [0.2, 0.25) is 0 Å². The minimum atomic E-state index is -2.71. The number of carbonyl (C=O) groups excluding carboxylic acids is 1. The van der Waals surface area contributed by atoms with E-state index in [1.807, 2.05) is 0 Å². The molecule has 0 saturated heterocycles. The summed E-state index contributed by atoms with van der Waals surface area (Å²) in [5.74, 6) is 0.968. The monoisotopic (exact) mass is 403 g/mol. The molecule has 0 aliphatic heterocycles. The van der Waals surface area contributed by atoms with Crippen molar-refractivity contribution in [3.8, 4) is 28.6 Å². The third-order valence-electron chi connectivity index (χ3n) is 3.95. The Labute approximate surface area is 165 Å². The third kappa shape index (κ3) is 4.98. The van der Waals surface area contributed by atoms with Crippen LogP contribution in [-0.2, 0) is 0 Å². The molecule has 3 aromatic rings. The summed E-state index contributed by atoms with van der Waals surface area (Å²) in [4.78, 5) is 14.7. The van der Waals surface area contributed by atoms with Crippen molar-refractivity contribution in [3.05, 3.63) is 54.4 Å². The zero-order valence-electron chi connectivity index (χ0n) is 15.5. The summed E-state index contributed by atoms with van der Waals surface area (Å²) in [6.45, 7) is 0.513. The Morgan fingerprint density at radius 1 is 1.24 bits per heavy atom. The number of aromatic nitrogens is 3. The van der Waals surface area contributed by atoms with Crippen molar-refractivity contribution in [2.24, 2.45) is 5.73 Å². The van der Waals surface area contributed by atoms with Crippen LogP contribution in [-0.4, -0.2) is 41.1 Å². The van der Waals surface area contributed by atoms with Gasteiger partial charge in [-0.3, -0.25) is 0 Å². The molecule has 152 valence electrons. The molecule has 1 aromatic carbocycles. The van der Waals surface area contributed by atoms with Gasteiger partial charge in [0, 0.05) is 11.6 Å². The predicted octanol–water partition coefficient (Wildman–Crippen LogP) is 2.93. The number of nitrogens with two attached hydrogens (primary N) is 1. The Hall–Kier alpha value is -3.69. The zero-order valence-corrected chi connectivity index (χ0v) is 15.5. The van der Waals surface area contributed by atoms with Crippen molar-refractivity contribution in [1.29, 1.82) is 0 Å². The predicted molar refractivity (Wildman–Crippen MR) is 101 cm³/mol. The lowest BCUT2D eigenvalue weighted by atomic mass is 10.1. The average molecular weight is 403 g/mol. The number of hydrogen-bond acceptors (Lipinski definition) is 5. The molecule has 2 heterocycles. The average Bonchev–Trinajstić information content (AvgIpc) is 3.17. The van der Waals surface area contributed by atoms with Crippen molar-refractivity contribution >= 4 is 6.03 Å². The number of benzene rings is 1. The lowest BCUT2D eigenvalue weighted by molar-refractivity contribution is 0.145. The maximum Gasteiger partial charge on any atom is 0.312 e. The van der Waals surface area contributed by atoms with E-state index in [0.29, 0.717) is 28.6 Å². The lowest BCUT2D eigenvalue weighted by Crippen LogP contribution is -2.32. The number of ether oxygens (including phenoxy) is 2. The molecular weight excluding hydrogens is 384 g/mol. The van der Waals surface area contributed by atoms with Crippen LogP contribution >= 0.6 is 0 Å². The molecule has 0 atom stereocenters. The summed E-state index contributed by atoms with van der Waals surface area (Å²) in [5, 5.41) is 6.43. The first-order valence-corrected chi connectivity index (χ1v) is 8.63. The molecule has 2 amide bonds. The van der Waals surface area contributed by atoms with E-state index in [1.165, 1.54) is 24.1 Å². The van der Waals surface area contributed by atoms with Crippen LogP contribution in [0, 0.1) is 0 Å². The largest absolute Gasteiger partial charge is 0.492 e. The van der Waals surface area contributed by atoms with E-state index < -0.39 is 12.5 Å². The number of rotatable bonds is 8. The Kier molecular flexibility index (Phi) is 6.22. The molecule has 2 aromatic heterocycles. The SMILES string of the molecule is COc1ccc(-n2nc(C(F)F)cc2-c2ccc(OCCNC(N)=O)cc2)cn1. The molecule has 10 heteroatoms. The highest BCUT2D eigenvalue weighted by molar-refractivity contribution is 5.71. The molecule has 0 bridgehead atoms. The number of halogens is 2. The topological polar surface area (TPSA) is 104 Å². The van der Waals surface area contributed by atoms with Gasteiger partial charge in [-0.1, -0.05) is 0 Å². The second-order valence-corrected chi connectivity index (χ2v) is 5.89. The smallest absolute Gasteiger partial charge is 0.312 e. The van der Waals surface area contributed by atoms with Crippen LogP contribution in [0.1, 0.15) is 12.1 Å². The van der Waals surface area contributed by atoms with Crippen LogP contribution in [0.4, 0.5) is 13.6 Å². The fourth-order valence-corrected chi connectivity index (χ4v) is 2.59. The van der Waals surface area contributed by atoms with Crippen molar-refractivity contribution < 1.29 is 23.0 Å². The maximum absolute atomic E-state index is 13.2. The van der Waals surface area contributed by atoms with Crippen LogP contribution in [0.25, 0.3) is 16.9 Å². The summed E-state index contributed by atoms with van der Waals surface area (Å²) in [6, 6.07) is 10.9. The normalized spacial score (nSPS) is 10.8. The van der Waals surface area contributed by atoms with E-state index in [-0.39, 0.29) is 18.8 Å². The van der Waals surface area contributed by atoms with E-state index in [0.717, 1.165) is 0 Å². The molecule has 0 saturated carbocycles. The highest BCUT2D eigenvalue weighted by atomic mass is 19.3. The van der Waals surface area contributed by atoms with Gasteiger partial charge in [0.15, 0.2) is 0 Å². The number of nitrogens with zero attached hydrogens (tertiary/aromatic N) is 3. The van der Waals surface area contributed by atoms with Crippen LogP contribution < -0.4 is 20.5 Å². The first kappa shape index (κ1) is 20.1. The van der Waals surface area contributed by atoms with E-state index >= 15 is 0 Å². The maximum atomic E-state index is 13.2. The number of primary amides is 1. The zero-order chi connectivity index (χ0) is 20.8. The van der Waals surface area contributed by atoms with Gasteiger partial charge >= 0.3 is 6.03 Å². The fourth-order valence-electron chi connectivity index (χ4n) is 2.59. The molecule has 8 nitrogen and oxygen atoms in total. The van der Waals surface area contributed by atoms with Crippen LogP contribution in [0.3, 0.4) is 0 Å². The Bertz CT molecular complexity index is 959. The number of methoxy groups -OCH3 is 1. The second-order valence-electron chi connectivity index (χ2n) is 5.89. The van der Waals surface area contributed by atoms with Gasteiger partial charge in [-0.2, -0.15) is 5.10 Å². The highest BCUT2D eigenvalue weighted by Crippen LogP contribution is 2.29. The van der Waals surface area contributed by atoms with Crippen LogP contribution in [0.15, 0.2) is 48.7 Å². The number of hydrogen-bond donors (Lipinski definition) is 2. The molecule has 0 aliphatic carbocycles. The van der Waals surface area contributed by atoms with Gasteiger partial charge in [0.2, 0.25) is 5.88 Å². The molecule has 0 aliphatic rings. The van der Waals surface area contributed by atoms with Gasteiger partial charge < -0.3 is 20.5 Å². The van der Waals surface area contributed by atoms with Gasteiger partial charge in [0.05, 0.1) is 31.2 Å². The minimum Gasteiger partial charge on any atom is -0.492 e. The third-order valence-corrected chi connectivity index (χ3v) is 3.95. The van der Waals surface area contributed by atoms with Gasteiger partial charge in [0.25, 0.3) is 6.43 Å². The number of amides is 2. The first-order chi connectivity index (χ1) is 14.0. The summed E-state index contributed by atoms with van der Waals surface area (Å²) in [6.07, 6.45) is -1.21. The highest BCUT2D eigenvalue weighted by Gasteiger charge is 2.18. The van der Waals surface area contributed by atoms with Gasteiger partial charge in [-0.25, -0.2) is 23.2 Å². The standard InChI is InChI=1S/C19H19F2N5O3/c1-28-17-7-4-13(11-24-17)26-16(10-15(25-26)18(20)21)12-2-5-14(6-3-12)29-9-8-23-19(22)27/h2-7,10-11,18H,8-9H2,1H3,(H3,22,23,27). The van der Waals surface area contributed by atoms with Crippen molar-refractivity contribution in [2.75, 3.05) is 20.3 Å². The van der Waals surface area contributed by atoms with E-state index in [9.17, 15) is 13.6 Å². The number of pyridine rings is 1. The van der Waals surface area contributed by atoms with Crippen LogP contribution in [0.5, 0.6) is 11.6 Å². The first-order valence-electron chi connectivity index (χ1n) is 8.63. The van der Waals surface area contributed by atoms with Crippen molar-refractivity contribution in [2.45, 2.75) is 6.43 Å². The summed E-state index contributed by atoms with van der Waals surface area (Å²) >= 11 is 0. The molecule has 0 radical (unpaired) electrons. The summed E-state index contributed by atoms with van der Waals surface area (Å²) < 4.78 is 38.4. The molecule has 29 heavy (non-hydrogen) atoms. The van der Waals surface area contributed by atoms with E-state index in [4.69, 9.17) is 15.2 Å². The molecule has 0 fully saturated rings. The van der Waals surface area contributed by atoms with E-state index in [2.05, 4.69) is 15.4 Å². The Balaban J connectivity index is 1.84. The minimum absolute atomic E-state index is 0.243. The summed E-state index contributed by atoms with van der Waals surface area (Å²) in [7, 11) is 1.49. The molecule has 0 unspecified atom stereocenters. The van der Waals surface area contributed by atoms with Crippen molar-refractivity contribution in [1.82, 2.24) is 20.1 Å². The van der Waals surface area contributed by atoms with Gasteiger partial charge in [0.1, 0.15) is 18.1 Å². The second kappa shape index (κ2) is 9.00. The molecular formula is C19H19F2N5O3. The van der Waals surface area contributed by atoms with E-state index in [1.54, 1.807) is 36.4 Å². The fraction of sp³-hybridized carbons (Fsp3) is 0.211. The quantitative estimate of drug-likeness (QED) is 0.563. The number of alkyl halides is 2. The number of nitrogens with one attached hydrogen (secondary N) is 1. The lowest BCUT2D eigenvalue weighted by Gasteiger charge is -2.10. The molecule has 3 N–H and O–H groups in total. The van der Waals surface area contributed by atoms with Gasteiger partial charge in [-0.05, 0) is 36.4 Å². The van der Waals surface area contributed by atoms with Gasteiger partial charge in [-0.15, -0.1) is 0 Å².